The summed E-state index contributed by atoms with van der Waals surface area (Å²) < 4.78 is 38.2. The molecule has 0 radical (unpaired) electrons. The van der Waals surface area contributed by atoms with Gasteiger partial charge in [-0.05, 0) is 25.7 Å². The summed E-state index contributed by atoms with van der Waals surface area (Å²) >= 11 is 0. The lowest BCUT2D eigenvalue weighted by Crippen LogP contribution is -2.51. The fourth-order valence-corrected chi connectivity index (χ4v) is 2.24. The van der Waals surface area contributed by atoms with E-state index < -0.39 is 17.5 Å². The molecule has 1 saturated heterocycles. The highest BCUT2D eigenvalue weighted by atomic mass is 19.4. The average molecular weight is 236 g/mol. The minimum atomic E-state index is -4.41. The molecule has 2 fully saturated rings. The molecule has 1 aliphatic heterocycles. The molecule has 1 atom stereocenters. The van der Waals surface area contributed by atoms with E-state index in [-0.39, 0.29) is 25.4 Å². The minimum Gasteiger partial charge on any atom is -0.340 e. The Morgan fingerprint density at radius 3 is 2.44 bits per heavy atom. The van der Waals surface area contributed by atoms with Crippen molar-refractivity contribution in [1.29, 1.82) is 0 Å². The summed E-state index contributed by atoms with van der Waals surface area (Å²) in [6, 6.07) is -0.179. The van der Waals surface area contributed by atoms with Crippen molar-refractivity contribution >= 4 is 5.91 Å². The normalized spacial score (nSPS) is 29.0. The molecule has 92 valence electrons. The Morgan fingerprint density at radius 2 is 2.00 bits per heavy atom. The first-order valence-corrected chi connectivity index (χ1v) is 5.48. The molecule has 2 aliphatic rings. The van der Waals surface area contributed by atoms with Gasteiger partial charge in [0.1, 0.15) is 5.41 Å². The van der Waals surface area contributed by atoms with E-state index in [0.717, 1.165) is 6.42 Å². The molecule has 1 aliphatic carbocycles. The molecular formula is C10H15F3N2O. The molecule has 16 heavy (non-hydrogen) atoms. The second-order valence-corrected chi connectivity index (χ2v) is 4.73. The molecule has 1 amide bonds. The molecule has 1 saturated carbocycles. The summed E-state index contributed by atoms with van der Waals surface area (Å²) in [5.41, 5.74) is 3.58. The summed E-state index contributed by atoms with van der Waals surface area (Å²) in [5, 5.41) is 0. The monoisotopic (exact) mass is 236 g/mol. The van der Waals surface area contributed by atoms with Gasteiger partial charge in [0.25, 0.3) is 0 Å². The third kappa shape index (κ3) is 1.79. The maximum Gasteiger partial charge on any atom is 0.403 e. The van der Waals surface area contributed by atoms with E-state index in [0.29, 0.717) is 13.0 Å². The van der Waals surface area contributed by atoms with Gasteiger partial charge < -0.3 is 10.6 Å². The van der Waals surface area contributed by atoms with Crippen LogP contribution in [0.5, 0.6) is 0 Å². The number of hydrogen-bond acceptors (Lipinski definition) is 2. The lowest BCUT2D eigenvalue weighted by molar-refractivity contribution is -0.199. The van der Waals surface area contributed by atoms with Gasteiger partial charge in [-0.3, -0.25) is 4.79 Å². The van der Waals surface area contributed by atoms with Gasteiger partial charge in [0.15, 0.2) is 0 Å². The van der Waals surface area contributed by atoms with Crippen LogP contribution in [0.4, 0.5) is 13.2 Å². The van der Waals surface area contributed by atoms with Gasteiger partial charge in [0, 0.05) is 19.1 Å². The quantitative estimate of drug-likeness (QED) is 0.745. The molecule has 0 unspecified atom stereocenters. The molecule has 0 bridgehead atoms. The number of rotatable bonds is 1. The first-order chi connectivity index (χ1) is 7.37. The van der Waals surface area contributed by atoms with Gasteiger partial charge in [-0.15, -0.1) is 0 Å². The van der Waals surface area contributed by atoms with Crippen molar-refractivity contribution in [3.63, 3.8) is 0 Å². The number of nitrogens with two attached hydrogens (primary N) is 1. The lowest BCUT2D eigenvalue weighted by Gasteiger charge is -2.34. The smallest absolute Gasteiger partial charge is 0.340 e. The van der Waals surface area contributed by atoms with E-state index in [1.165, 1.54) is 4.90 Å². The van der Waals surface area contributed by atoms with Crippen molar-refractivity contribution in [1.82, 2.24) is 4.90 Å². The van der Waals surface area contributed by atoms with Crippen LogP contribution in [0, 0.1) is 5.41 Å². The summed E-state index contributed by atoms with van der Waals surface area (Å²) in [6.45, 7) is 0.668. The highest BCUT2D eigenvalue weighted by Gasteiger charge is 2.69. The number of amides is 1. The van der Waals surface area contributed by atoms with Crippen LogP contribution in [0.25, 0.3) is 0 Å². The Bertz CT molecular complexity index is 299. The third-order valence-electron chi connectivity index (χ3n) is 3.45. The van der Waals surface area contributed by atoms with Gasteiger partial charge in [0.05, 0.1) is 0 Å². The number of nitrogens with zero attached hydrogens (tertiary/aromatic N) is 1. The first-order valence-electron chi connectivity index (χ1n) is 5.48. The van der Waals surface area contributed by atoms with Crippen LogP contribution in [0.2, 0.25) is 0 Å². The van der Waals surface area contributed by atoms with Crippen LogP contribution in [0.3, 0.4) is 0 Å². The number of piperidine rings is 1. The fraction of sp³-hybridized carbons (Fsp3) is 0.900. The number of hydrogen-bond donors (Lipinski definition) is 1. The molecule has 2 N–H and O–H groups in total. The van der Waals surface area contributed by atoms with Crippen molar-refractivity contribution in [3.05, 3.63) is 0 Å². The molecule has 2 rings (SSSR count). The molecular weight excluding hydrogens is 221 g/mol. The zero-order valence-corrected chi connectivity index (χ0v) is 8.89. The number of carbonyl (C=O) groups is 1. The average Bonchev–Trinajstić information content (AvgIpc) is 2.96. The van der Waals surface area contributed by atoms with E-state index in [9.17, 15) is 18.0 Å². The van der Waals surface area contributed by atoms with Crippen molar-refractivity contribution in [2.45, 2.75) is 37.9 Å². The van der Waals surface area contributed by atoms with Crippen LogP contribution in [-0.2, 0) is 4.79 Å². The summed E-state index contributed by atoms with van der Waals surface area (Å²) in [7, 11) is 0. The summed E-state index contributed by atoms with van der Waals surface area (Å²) in [5.74, 6) is -0.768. The van der Waals surface area contributed by atoms with E-state index in [1.807, 2.05) is 0 Å². The van der Waals surface area contributed by atoms with E-state index >= 15 is 0 Å². The molecule has 0 aromatic rings. The van der Waals surface area contributed by atoms with Crippen LogP contribution in [0.15, 0.2) is 0 Å². The number of alkyl halides is 3. The topological polar surface area (TPSA) is 46.3 Å². The Labute approximate surface area is 91.8 Å². The summed E-state index contributed by atoms with van der Waals surface area (Å²) in [4.78, 5) is 13.1. The molecule has 0 aromatic carbocycles. The van der Waals surface area contributed by atoms with Crippen molar-refractivity contribution in [3.8, 4) is 0 Å². The van der Waals surface area contributed by atoms with Gasteiger partial charge in [-0.1, -0.05) is 0 Å². The molecule has 1 heterocycles. The molecule has 6 heteroatoms. The number of carbonyl (C=O) groups excluding carboxylic acids is 1. The Balaban J connectivity index is 2.08. The van der Waals surface area contributed by atoms with Crippen LogP contribution in [-0.4, -0.2) is 36.1 Å². The largest absolute Gasteiger partial charge is 0.403 e. The van der Waals surface area contributed by atoms with Crippen LogP contribution in [0.1, 0.15) is 25.7 Å². The highest BCUT2D eigenvalue weighted by Crippen LogP contribution is 2.58. The van der Waals surface area contributed by atoms with Crippen molar-refractivity contribution < 1.29 is 18.0 Å². The maximum atomic E-state index is 12.7. The third-order valence-corrected chi connectivity index (χ3v) is 3.45. The SMILES string of the molecule is N[C@@H]1CCCN(C(=O)C2(C(F)(F)F)CC2)C1. The fourth-order valence-electron chi connectivity index (χ4n) is 2.24. The second kappa shape index (κ2) is 3.61. The molecule has 0 spiro atoms. The predicted octanol–water partition coefficient (Wildman–Crippen LogP) is 1.28. The molecule has 0 aromatic heterocycles. The first kappa shape index (κ1) is 11.7. The Morgan fingerprint density at radius 1 is 1.38 bits per heavy atom. The van der Waals surface area contributed by atoms with Gasteiger partial charge >= 0.3 is 6.18 Å². The summed E-state index contributed by atoms with van der Waals surface area (Å²) in [6.07, 6.45) is -3.07. The minimum absolute atomic E-state index is 0.0684. The van der Waals surface area contributed by atoms with Crippen molar-refractivity contribution in [2.75, 3.05) is 13.1 Å². The van der Waals surface area contributed by atoms with Gasteiger partial charge in [0.2, 0.25) is 5.91 Å². The zero-order valence-electron chi connectivity index (χ0n) is 8.89. The van der Waals surface area contributed by atoms with E-state index in [4.69, 9.17) is 5.73 Å². The number of halogens is 3. The highest BCUT2D eigenvalue weighted by molar-refractivity contribution is 5.86. The van der Waals surface area contributed by atoms with Crippen molar-refractivity contribution in [2.24, 2.45) is 11.1 Å². The zero-order chi connectivity index (χ0) is 12.0. The Kier molecular flexibility index (Phi) is 2.64. The number of likely N-dealkylation sites (tertiary alicyclic amines) is 1. The predicted molar refractivity (Wildman–Crippen MR) is 51.5 cm³/mol. The van der Waals surface area contributed by atoms with E-state index in [1.54, 1.807) is 0 Å². The Hall–Kier alpha value is -0.780. The van der Waals surface area contributed by atoms with Crippen LogP contribution >= 0.6 is 0 Å². The molecule has 3 nitrogen and oxygen atoms in total. The maximum absolute atomic E-state index is 12.7. The standard InChI is InChI=1S/C10H15F3N2O/c11-10(12,13)9(3-4-9)8(16)15-5-1-2-7(14)6-15/h7H,1-6,14H2/t7-/m1/s1. The van der Waals surface area contributed by atoms with Gasteiger partial charge in [-0.2, -0.15) is 13.2 Å². The second-order valence-electron chi connectivity index (χ2n) is 4.73. The van der Waals surface area contributed by atoms with E-state index in [2.05, 4.69) is 0 Å². The van der Waals surface area contributed by atoms with Gasteiger partial charge in [-0.25, -0.2) is 0 Å². The van der Waals surface area contributed by atoms with Crippen LogP contribution < -0.4 is 5.73 Å². The lowest BCUT2D eigenvalue weighted by atomic mass is 10.0.